The molecule has 0 unspecified atom stereocenters. The summed E-state index contributed by atoms with van der Waals surface area (Å²) in [6.45, 7) is 1.75. The lowest BCUT2D eigenvalue weighted by atomic mass is 10.1. The number of hydrogen-bond acceptors (Lipinski definition) is 7. The van der Waals surface area contributed by atoms with Crippen molar-refractivity contribution < 1.29 is 13.2 Å². The average molecular weight is 531 g/mol. The van der Waals surface area contributed by atoms with Crippen molar-refractivity contribution in [2.45, 2.75) is 11.8 Å². The third-order valence-electron chi connectivity index (χ3n) is 5.57. The summed E-state index contributed by atoms with van der Waals surface area (Å²) in [5.74, 6) is 0.717. The highest BCUT2D eigenvalue weighted by atomic mass is 32.2. The Hall–Kier alpha value is -4.35. The molecular weight excluding hydrogens is 508 g/mol. The number of hydrogen-bond donors (Lipinski definition) is 3. The standard InChI is InChI=1S/C26H22N6O3S2/c1-16-13-14-27-25(28-16)32-37(33,34)19-10-7-17(8-11-19)29-26(36)31-24-20-5-3-4-6-22(20)30-23-12-9-18(35-2)15-21(23)24/h3-15H,1-2H3,(H,27,28,32)(H2,29,30,31,36). The number of aryl methyl sites for hydroxylation is 1. The van der Waals surface area contributed by atoms with Gasteiger partial charge in [0.15, 0.2) is 5.11 Å². The molecule has 37 heavy (non-hydrogen) atoms. The smallest absolute Gasteiger partial charge is 0.264 e. The van der Waals surface area contributed by atoms with Gasteiger partial charge in [0.05, 0.1) is 28.7 Å². The lowest BCUT2D eigenvalue weighted by Crippen LogP contribution is -2.20. The lowest BCUT2D eigenvalue weighted by Gasteiger charge is -2.16. The monoisotopic (exact) mass is 530 g/mol. The Balaban J connectivity index is 1.38. The van der Waals surface area contributed by atoms with Gasteiger partial charge >= 0.3 is 0 Å². The van der Waals surface area contributed by atoms with E-state index in [4.69, 9.17) is 21.9 Å². The van der Waals surface area contributed by atoms with Crippen molar-refractivity contribution in [3.8, 4) is 5.75 Å². The maximum absolute atomic E-state index is 12.7. The van der Waals surface area contributed by atoms with Crippen LogP contribution in [0.1, 0.15) is 5.69 Å². The average Bonchev–Trinajstić information content (AvgIpc) is 2.88. The van der Waals surface area contributed by atoms with Crippen LogP contribution >= 0.6 is 12.2 Å². The first-order valence-electron chi connectivity index (χ1n) is 11.2. The zero-order valence-corrected chi connectivity index (χ0v) is 21.5. The number of sulfonamides is 1. The molecule has 3 N–H and O–H groups in total. The Kier molecular flexibility index (Phi) is 6.55. The van der Waals surface area contributed by atoms with Gasteiger partial charge in [-0.2, -0.15) is 0 Å². The largest absolute Gasteiger partial charge is 0.497 e. The van der Waals surface area contributed by atoms with Gasteiger partial charge in [-0.3, -0.25) is 0 Å². The molecule has 2 aromatic heterocycles. The van der Waals surface area contributed by atoms with E-state index in [1.165, 1.54) is 18.3 Å². The van der Waals surface area contributed by atoms with E-state index in [-0.39, 0.29) is 10.8 Å². The third-order valence-corrected chi connectivity index (χ3v) is 7.12. The summed E-state index contributed by atoms with van der Waals surface area (Å²) in [5.41, 5.74) is 3.68. The minimum absolute atomic E-state index is 0.0148. The van der Waals surface area contributed by atoms with Crippen molar-refractivity contribution >= 4 is 66.5 Å². The number of pyridine rings is 1. The summed E-state index contributed by atoms with van der Waals surface area (Å²) in [7, 11) is -2.24. The van der Waals surface area contributed by atoms with E-state index in [9.17, 15) is 8.42 Å². The van der Waals surface area contributed by atoms with E-state index in [1.807, 2.05) is 42.5 Å². The molecule has 3 aromatic carbocycles. The first-order valence-corrected chi connectivity index (χ1v) is 13.1. The molecule has 0 aliphatic heterocycles. The van der Waals surface area contributed by atoms with Crippen LogP contribution in [0.15, 0.2) is 83.9 Å². The predicted molar refractivity (Wildman–Crippen MR) is 150 cm³/mol. The van der Waals surface area contributed by atoms with Crippen molar-refractivity contribution in [3.05, 3.63) is 84.7 Å². The number of methoxy groups -OCH3 is 1. The summed E-state index contributed by atoms with van der Waals surface area (Å²) in [6.07, 6.45) is 1.49. The van der Waals surface area contributed by atoms with Crippen molar-refractivity contribution in [1.82, 2.24) is 15.0 Å². The minimum atomic E-state index is -3.85. The Labute approximate surface area is 219 Å². The minimum Gasteiger partial charge on any atom is -0.497 e. The normalized spacial score (nSPS) is 11.3. The Morgan fingerprint density at radius 3 is 2.41 bits per heavy atom. The van der Waals surface area contributed by atoms with E-state index in [1.54, 1.807) is 32.2 Å². The van der Waals surface area contributed by atoms with Crippen molar-refractivity contribution in [2.75, 3.05) is 22.5 Å². The van der Waals surface area contributed by atoms with Gasteiger partial charge in [0.2, 0.25) is 5.95 Å². The van der Waals surface area contributed by atoms with Gasteiger partial charge in [0.25, 0.3) is 10.0 Å². The second kappa shape index (κ2) is 9.96. The molecule has 0 spiro atoms. The maximum atomic E-state index is 12.7. The molecule has 0 bridgehead atoms. The van der Waals surface area contributed by atoms with Gasteiger partial charge in [-0.1, -0.05) is 18.2 Å². The van der Waals surface area contributed by atoms with Crippen molar-refractivity contribution in [3.63, 3.8) is 0 Å². The van der Waals surface area contributed by atoms with Crippen molar-refractivity contribution in [2.24, 2.45) is 0 Å². The van der Waals surface area contributed by atoms with Gasteiger partial charge in [-0.15, -0.1) is 0 Å². The maximum Gasteiger partial charge on any atom is 0.264 e. The predicted octanol–water partition coefficient (Wildman–Crippen LogP) is 5.10. The summed E-state index contributed by atoms with van der Waals surface area (Å²) < 4.78 is 33.2. The molecule has 0 aliphatic carbocycles. The van der Waals surface area contributed by atoms with Gasteiger partial charge in [-0.25, -0.2) is 28.1 Å². The molecule has 0 fully saturated rings. The molecule has 0 amide bonds. The van der Waals surface area contributed by atoms with Crippen LogP contribution in [0, 0.1) is 6.92 Å². The highest BCUT2D eigenvalue weighted by Gasteiger charge is 2.16. The Morgan fingerprint density at radius 2 is 1.65 bits per heavy atom. The van der Waals surface area contributed by atoms with Gasteiger partial charge in [0, 0.05) is 28.4 Å². The zero-order chi connectivity index (χ0) is 26.0. The molecule has 0 radical (unpaired) electrons. The van der Waals surface area contributed by atoms with Crippen molar-refractivity contribution in [1.29, 1.82) is 0 Å². The Morgan fingerprint density at radius 1 is 0.892 bits per heavy atom. The molecule has 11 heteroatoms. The van der Waals surface area contributed by atoms with Crippen LogP contribution in [-0.4, -0.2) is 35.6 Å². The number of thiocarbonyl (C=S) groups is 1. The zero-order valence-electron chi connectivity index (χ0n) is 19.9. The molecule has 9 nitrogen and oxygen atoms in total. The lowest BCUT2D eigenvalue weighted by molar-refractivity contribution is 0.415. The van der Waals surface area contributed by atoms with Crippen LogP contribution in [0.25, 0.3) is 21.8 Å². The molecule has 0 saturated carbocycles. The summed E-state index contributed by atoms with van der Waals surface area (Å²) in [6, 6.07) is 21.3. The van der Waals surface area contributed by atoms with E-state index in [0.717, 1.165) is 27.5 Å². The van der Waals surface area contributed by atoms with Crippen LogP contribution in [0.4, 0.5) is 17.3 Å². The second-order valence-corrected chi connectivity index (χ2v) is 10.2. The molecular formula is C26H22N6O3S2. The second-order valence-electron chi connectivity index (χ2n) is 8.12. The third kappa shape index (κ3) is 5.27. The fourth-order valence-electron chi connectivity index (χ4n) is 3.80. The van der Waals surface area contributed by atoms with Crippen LogP contribution in [-0.2, 0) is 10.0 Å². The number of rotatable bonds is 6. The van der Waals surface area contributed by atoms with Crippen LogP contribution in [0.3, 0.4) is 0 Å². The summed E-state index contributed by atoms with van der Waals surface area (Å²) in [5, 5.41) is 8.49. The van der Waals surface area contributed by atoms with Gasteiger partial charge < -0.3 is 15.4 Å². The molecule has 5 rings (SSSR count). The first-order chi connectivity index (χ1) is 17.8. The van der Waals surface area contributed by atoms with Crippen LogP contribution in [0.2, 0.25) is 0 Å². The highest BCUT2D eigenvalue weighted by molar-refractivity contribution is 7.92. The summed E-state index contributed by atoms with van der Waals surface area (Å²) in [4.78, 5) is 12.8. The number of benzene rings is 3. The van der Waals surface area contributed by atoms with E-state index in [2.05, 4.69) is 25.3 Å². The van der Waals surface area contributed by atoms with E-state index >= 15 is 0 Å². The molecule has 0 aliphatic rings. The number of nitrogens with one attached hydrogen (secondary N) is 3. The fraction of sp³-hybridized carbons (Fsp3) is 0.0769. The van der Waals surface area contributed by atoms with Crippen LogP contribution in [0.5, 0.6) is 5.75 Å². The number of aromatic nitrogens is 3. The molecule has 0 atom stereocenters. The fourth-order valence-corrected chi connectivity index (χ4v) is 4.97. The van der Waals surface area contributed by atoms with Gasteiger partial charge in [0.1, 0.15) is 5.75 Å². The number of anilines is 3. The highest BCUT2D eigenvalue weighted by Crippen LogP contribution is 2.33. The molecule has 2 heterocycles. The SMILES string of the molecule is COc1ccc2nc3ccccc3c(NC(=S)Nc3ccc(S(=O)(=O)Nc4nccc(C)n4)cc3)c2c1. The number of nitrogens with zero attached hydrogens (tertiary/aromatic N) is 3. The quantitative estimate of drug-likeness (QED) is 0.203. The molecule has 0 saturated heterocycles. The topological polar surface area (TPSA) is 118 Å². The molecule has 186 valence electrons. The van der Waals surface area contributed by atoms with E-state index < -0.39 is 10.0 Å². The number of para-hydroxylation sites is 1. The van der Waals surface area contributed by atoms with E-state index in [0.29, 0.717) is 22.2 Å². The summed E-state index contributed by atoms with van der Waals surface area (Å²) >= 11 is 5.59. The van der Waals surface area contributed by atoms with Gasteiger partial charge in [-0.05, 0) is 73.7 Å². The first kappa shape index (κ1) is 24.3. The number of fused-ring (bicyclic) bond motifs is 2. The number of ether oxygens (including phenoxy) is 1. The molecule has 5 aromatic rings. The Bertz CT molecular complexity index is 1740. The van der Waals surface area contributed by atoms with Crippen LogP contribution < -0.4 is 20.1 Å².